The number of hydrogen-bond acceptors (Lipinski definition) is 1. The molecule has 1 heterocycles. The van der Waals surface area contributed by atoms with Gasteiger partial charge in [-0.25, -0.2) is 0 Å². The molecule has 0 saturated heterocycles. The molecule has 0 aliphatic heterocycles. The lowest BCUT2D eigenvalue weighted by Crippen LogP contribution is -2.23. The molecule has 0 atom stereocenters. The molecule has 0 radical (unpaired) electrons. The molecule has 0 aliphatic rings. The molecular formula is C13H16N2O. The van der Waals surface area contributed by atoms with E-state index in [0.717, 1.165) is 11.2 Å². The topological polar surface area (TPSA) is 36.1 Å². The van der Waals surface area contributed by atoms with Crippen LogP contribution in [0.15, 0.2) is 24.3 Å². The third-order valence-corrected chi connectivity index (χ3v) is 2.96. The number of carbonyl (C=O) groups excluding carboxylic acids is 1. The highest BCUT2D eigenvalue weighted by Gasteiger charge is 2.11. The standard InChI is InChI=1S/C13H16N2O/c1-9-12(8-15(3)10(2)16)11-6-4-5-7-13(11)14-9/h4-7,14H,8H2,1-3H3. The second kappa shape index (κ2) is 4.00. The van der Waals surface area contributed by atoms with Crippen molar-refractivity contribution in [3.63, 3.8) is 0 Å². The monoisotopic (exact) mass is 216 g/mol. The maximum Gasteiger partial charge on any atom is 0.219 e. The molecule has 1 amide bonds. The first-order chi connectivity index (χ1) is 7.59. The van der Waals surface area contributed by atoms with Gasteiger partial charge in [0, 0.05) is 37.1 Å². The molecule has 2 aromatic rings. The zero-order valence-electron chi connectivity index (χ0n) is 9.87. The third kappa shape index (κ3) is 1.81. The molecule has 1 N–H and O–H groups in total. The van der Waals surface area contributed by atoms with Gasteiger partial charge >= 0.3 is 0 Å². The van der Waals surface area contributed by atoms with Gasteiger partial charge in [-0.15, -0.1) is 0 Å². The number of para-hydroxylation sites is 1. The predicted octanol–water partition coefficient (Wildman–Crippen LogP) is 2.45. The van der Waals surface area contributed by atoms with E-state index in [4.69, 9.17) is 0 Å². The molecule has 1 aromatic heterocycles. The van der Waals surface area contributed by atoms with Gasteiger partial charge in [-0.3, -0.25) is 4.79 Å². The van der Waals surface area contributed by atoms with Gasteiger partial charge in [0.15, 0.2) is 0 Å². The van der Waals surface area contributed by atoms with Crippen molar-refractivity contribution in [2.75, 3.05) is 7.05 Å². The van der Waals surface area contributed by atoms with E-state index in [2.05, 4.69) is 17.1 Å². The highest BCUT2D eigenvalue weighted by molar-refractivity contribution is 5.85. The Morgan fingerprint density at radius 2 is 2.06 bits per heavy atom. The van der Waals surface area contributed by atoms with Crippen molar-refractivity contribution in [3.8, 4) is 0 Å². The summed E-state index contributed by atoms with van der Waals surface area (Å²) in [6.45, 7) is 4.29. The number of carbonyl (C=O) groups is 1. The fourth-order valence-corrected chi connectivity index (χ4v) is 1.89. The Labute approximate surface area is 95.1 Å². The number of benzene rings is 1. The van der Waals surface area contributed by atoms with Crippen molar-refractivity contribution in [3.05, 3.63) is 35.5 Å². The highest BCUT2D eigenvalue weighted by atomic mass is 16.2. The molecule has 0 fully saturated rings. The van der Waals surface area contributed by atoms with E-state index in [-0.39, 0.29) is 5.91 Å². The molecule has 1 aromatic carbocycles. The van der Waals surface area contributed by atoms with Gasteiger partial charge < -0.3 is 9.88 Å². The minimum atomic E-state index is 0.0877. The Hall–Kier alpha value is -1.77. The first kappa shape index (κ1) is 10.7. The number of aryl methyl sites for hydroxylation is 1. The number of amides is 1. The minimum absolute atomic E-state index is 0.0877. The van der Waals surface area contributed by atoms with Crippen LogP contribution < -0.4 is 0 Å². The summed E-state index contributed by atoms with van der Waals surface area (Å²) < 4.78 is 0. The molecule has 0 spiro atoms. The minimum Gasteiger partial charge on any atom is -0.358 e. The molecule has 3 heteroatoms. The van der Waals surface area contributed by atoms with Crippen LogP contribution in [0.1, 0.15) is 18.2 Å². The number of aromatic amines is 1. The van der Waals surface area contributed by atoms with Gasteiger partial charge in [-0.1, -0.05) is 18.2 Å². The number of rotatable bonds is 2. The van der Waals surface area contributed by atoms with E-state index in [1.807, 2.05) is 26.1 Å². The molecule has 0 aliphatic carbocycles. The average Bonchev–Trinajstić information content (AvgIpc) is 2.55. The van der Waals surface area contributed by atoms with Crippen molar-refractivity contribution < 1.29 is 4.79 Å². The second-order valence-corrected chi connectivity index (χ2v) is 4.15. The van der Waals surface area contributed by atoms with Gasteiger partial charge in [0.1, 0.15) is 0 Å². The largest absolute Gasteiger partial charge is 0.358 e. The Kier molecular flexibility index (Phi) is 2.69. The second-order valence-electron chi connectivity index (χ2n) is 4.15. The quantitative estimate of drug-likeness (QED) is 0.822. The fourth-order valence-electron chi connectivity index (χ4n) is 1.89. The highest BCUT2D eigenvalue weighted by Crippen LogP contribution is 2.22. The van der Waals surface area contributed by atoms with E-state index in [1.54, 1.807) is 11.8 Å². The summed E-state index contributed by atoms with van der Waals surface area (Å²) in [4.78, 5) is 16.3. The van der Waals surface area contributed by atoms with Crippen molar-refractivity contribution in [1.29, 1.82) is 0 Å². The summed E-state index contributed by atoms with van der Waals surface area (Å²) >= 11 is 0. The van der Waals surface area contributed by atoms with Crippen LogP contribution in [0.25, 0.3) is 10.9 Å². The van der Waals surface area contributed by atoms with Crippen LogP contribution in [0, 0.1) is 6.92 Å². The lowest BCUT2D eigenvalue weighted by atomic mass is 10.1. The Balaban J connectivity index is 2.43. The van der Waals surface area contributed by atoms with E-state index in [9.17, 15) is 4.79 Å². The van der Waals surface area contributed by atoms with Gasteiger partial charge in [-0.05, 0) is 18.6 Å². The summed E-state index contributed by atoms with van der Waals surface area (Å²) in [6.07, 6.45) is 0. The van der Waals surface area contributed by atoms with Gasteiger partial charge in [-0.2, -0.15) is 0 Å². The first-order valence-corrected chi connectivity index (χ1v) is 5.37. The summed E-state index contributed by atoms with van der Waals surface area (Å²) in [5, 5.41) is 1.20. The number of hydrogen-bond donors (Lipinski definition) is 1. The molecular weight excluding hydrogens is 200 g/mol. The third-order valence-electron chi connectivity index (χ3n) is 2.96. The Morgan fingerprint density at radius 1 is 1.38 bits per heavy atom. The Bertz CT molecular complexity index is 528. The molecule has 0 saturated carbocycles. The summed E-state index contributed by atoms with van der Waals surface area (Å²) in [5.74, 6) is 0.0877. The zero-order valence-corrected chi connectivity index (χ0v) is 9.87. The summed E-state index contributed by atoms with van der Waals surface area (Å²) in [7, 11) is 1.82. The lowest BCUT2D eigenvalue weighted by Gasteiger charge is -2.14. The van der Waals surface area contributed by atoms with Crippen molar-refractivity contribution in [1.82, 2.24) is 9.88 Å². The van der Waals surface area contributed by atoms with E-state index < -0.39 is 0 Å². The lowest BCUT2D eigenvalue weighted by molar-refractivity contribution is -0.128. The number of aromatic nitrogens is 1. The molecule has 16 heavy (non-hydrogen) atoms. The summed E-state index contributed by atoms with van der Waals surface area (Å²) in [6, 6.07) is 8.17. The molecule has 2 rings (SSSR count). The van der Waals surface area contributed by atoms with Gasteiger partial charge in [0.05, 0.1) is 0 Å². The van der Waals surface area contributed by atoms with Gasteiger partial charge in [0.25, 0.3) is 0 Å². The SMILES string of the molecule is CC(=O)N(C)Cc1c(C)[nH]c2ccccc12. The number of nitrogens with one attached hydrogen (secondary N) is 1. The van der Waals surface area contributed by atoms with Crippen LogP contribution in [0.4, 0.5) is 0 Å². The Morgan fingerprint density at radius 3 is 2.75 bits per heavy atom. The van der Waals surface area contributed by atoms with E-state index >= 15 is 0 Å². The number of fused-ring (bicyclic) bond motifs is 1. The number of nitrogens with zero attached hydrogens (tertiary/aromatic N) is 1. The van der Waals surface area contributed by atoms with Crippen molar-refractivity contribution in [2.24, 2.45) is 0 Å². The molecule has 0 bridgehead atoms. The summed E-state index contributed by atoms with van der Waals surface area (Å²) in [5.41, 5.74) is 3.47. The normalized spacial score (nSPS) is 10.7. The smallest absolute Gasteiger partial charge is 0.219 e. The van der Waals surface area contributed by atoms with Crippen LogP contribution in [0.2, 0.25) is 0 Å². The van der Waals surface area contributed by atoms with Crippen LogP contribution in [-0.4, -0.2) is 22.8 Å². The van der Waals surface area contributed by atoms with Crippen molar-refractivity contribution >= 4 is 16.8 Å². The van der Waals surface area contributed by atoms with Crippen molar-refractivity contribution in [2.45, 2.75) is 20.4 Å². The molecule has 84 valence electrons. The first-order valence-electron chi connectivity index (χ1n) is 5.37. The predicted molar refractivity (Wildman–Crippen MR) is 65.2 cm³/mol. The number of H-pyrrole nitrogens is 1. The maximum atomic E-state index is 11.2. The van der Waals surface area contributed by atoms with Crippen LogP contribution in [0.5, 0.6) is 0 Å². The maximum absolute atomic E-state index is 11.2. The molecule has 3 nitrogen and oxygen atoms in total. The van der Waals surface area contributed by atoms with E-state index in [0.29, 0.717) is 6.54 Å². The van der Waals surface area contributed by atoms with Gasteiger partial charge in [0.2, 0.25) is 5.91 Å². The van der Waals surface area contributed by atoms with Crippen LogP contribution >= 0.6 is 0 Å². The fraction of sp³-hybridized carbons (Fsp3) is 0.308. The average molecular weight is 216 g/mol. The van der Waals surface area contributed by atoms with Crippen LogP contribution in [-0.2, 0) is 11.3 Å². The molecule has 0 unspecified atom stereocenters. The van der Waals surface area contributed by atoms with E-state index in [1.165, 1.54) is 10.9 Å². The van der Waals surface area contributed by atoms with Crippen LogP contribution in [0.3, 0.4) is 0 Å². The zero-order chi connectivity index (χ0) is 11.7.